The van der Waals surface area contributed by atoms with E-state index in [0.717, 1.165) is 13.1 Å². The molecule has 2 aliphatic heterocycles. The molecule has 9 heteroatoms. The molecule has 156 valence electrons. The molecule has 2 heterocycles. The lowest BCUT2D eigenvalue weighted by Gasteiger charge is -2.36. The molecule has 2 saturated heterocycles. The van der Waals surface area contributed by atoms with Gasteiger partial charge in [0, 0.05) is 57.9 Å². The van der Waals surface area contributed by atoms with Crippen LogP contribution in [-0.2, 0) is 14.8 Å². The van der Waals surface area contributed by atoms with Crippen molar-refractivity contribution in [3.63, 3.8) is 0 Å². The van der Waals surface area contributed by atoms with E-state index >= 15 is 0 Å². The second-order valence-electron chi connectivity index (χ2n) is 7.35. The van der Waals surface area contributed by atoms with E-state index in [0.29, 0.717) is 58.0 Å². The summed E-state index contributed by atoms with van der Waals surface area (Å²) in [5, 5.41) is 10.3. The number of nitrogens with zero attached hydrogens (tertiary/aromatic N) is 3. The second kappa shape index (κ2) is 9.43. The Bertz CT molecular complexity index is 754. The Labute approximate surface area is 166 Å². The van der Waals surface area contributed by atoms with Crippen LogP contribution < -0.4 is 0 Å². The van der Waals surface area contributed by atoms with Crippen molar-refractivity contribution in [2.75, 3.05) is 65.6 Å². The summed E-state index contributed by atoms with van der Waals surface area (Å²) < 4.78 is 32.4. The quantitative estimate of drug-likeness (QED) is 0.626. The van der Waals surface area contributed by atoms with Gasteiger partial charge in [-0.05, 0) is 19.1 Å². The highest BCUT2D eigenvalue weighted by molar-refractivity contribution is 7.89. The molecule has 2 aliphatic rings. The van der Waals surface area contributed by atoms with Gasteiger partial charge >= 0.3 is 0 Å². The Morgan fingerprint density at radius 2 is 1.54 bits per heavy atom. The summed E-state index contributed by atoms with van der Waals surface area (Å²) in [6.07, 6.45) is -0.458. The van der Waals surface area contributed by atoms with Crippen molar-refractivity contribution in [2.24, 2.45) is 0 Å². The molecule has 0 radical (unpaired) electrons. The van der Waals surface area contributed by atoms with Gasteiger partial charge in [0.2, 0.25) is 10.0 Å². The van der Waals surface area contributed by atoms with Gasteiger partial charge in [0.15, 0.2) is 5.78 Å². The smallest absolute Gasteiger partial charge is 0.243 e. The molecule has 0 aromatic heterocycles. The fourth-order valence-electron chi connectivity index (χ4n) is 3.60. The predicted octanol–water partition coefficient (Wildman–Crippen LogP) is -0.111. The standard InChI is InChI=1S/C19H29N3O5S/c1-16(23)17-2-4-19(5-3-17)28(25,26)22-8-6-20(7-9-22)14-18(24)15-21-10-12-27-13-11-21/h2-5,18,24H,6-15H2,1H3/t18-/m0/s1. The molecule has 0 amide bonds. The van der Waals surface area contributed by atoms with Crippen molar-refractivity contribution in [1.82, 2.24) is 14.1 Å². The number of ketones is 1. The first-order valence-electron chi connectivity index (χ1n) is 9.68. The third-order valence-electron chi connectivity index (χ3n) is 5.27. The van der Waals surface area contributed by atoms with Crippen molar-refractivity contribution in [3.8, 4) is 0 Å². The van der Waals surface area contributed by atoms with Crippen LogP contribution in [0.5, 0.6) is 0 Å². The number of carbonyl (C=O) groups is 1. The van der Waals surface area contributed by atoms with Gasteiger partial charge < -0.3 is 9.84 Å². The second-order valence-corrected chi connectivity index (χ2v) is 9.29. The van der Waals surface area contributed by atoms with Crippen molar-refractivity contribution in [1.29, 1.82) is 0 Å². The van der Waals surface area contributed by atoms with Gasteiger partial charge in [0.1, 0.15) is 0 Å². The number of hydrogen-bond acceptors (Lipinski definition) is 7. The van der Waals surface area contributed by atoms with Gasteiger partial charge in [-0.3, -0.25) is 14.6 Å². The molecule has 0 spiro atoms. The van der Waals surface area contributed by atoms with Crippen LogP contribution in [0.2, 0.25) is 0 Å². The molecule has 2 fully saturated rings. The average Bonchev–Trinajstić information content (AvgIpc) is 2.69. The van der Waals surface area contributed by atoms with E-state index in [1.165, 1.54) is 23.4 Å². The molecule has 1 aromatic carbocycles. The number of ether oxygens (including phenoxy) is 1. The van der Waals surface area contributed by atoms with Crippen molar-refractivity contribution < 1.29 is 23.1 Å². The maximum atomic E-state index is 12.8. The topological polar surface area (TPSA) is 90.4 Å². The fraction of sp³-hybridized carbons (Fsp3) is 0.632. The van der Waals surface area contributed by atoms with Gasteiger partial charge in [-0.1, -0.05) is 12.1 Å². The van der Waals surface area contributed by atoms with Crippen LogP contribution in [0.25, 0.3) is 0 Å². The van der Waals surface area contributed by atoms with Crippen LogP contribution >= 0.6 is 0 Å². The number of piperazine rings is 1. The van der Waals surface area contributed by atoms with Crippen LogP contribution in [0.3, 0.4) is 0 Å². The molecule has 0 bridgehead atoms. The summed E-state index contributed by atoms with van der Waals surface area (Å²) in [6.45, 7) is 7.65. The fourth-order valence-corrected chi connectivity index (χ4v) is 5.02. The lowest BCUT2D eigenvalue weighted by molar-refractivity contribution is 0.00469. The summed E-state index contributed by atoms with van der Waals surface area (Å²) in [5.41, 5.74) is 0.498. The highest BCUT2D eigenvalue weighted by Gasteiger charge is 2.29. The van der Waals surface area contributed by atoms with Crippen molar-refractivity contribution >= 4 is 15.8 Å². The molecule has 0 saturated carbocycles. The number of aliphatic hydroxyl groups excluding tert-OH is 1. The number of rotatable bonds is 7. The Morgan fingerprint density at radius 1 is 1.00 bits per heavy atom. The minimum atomic E-state index is -3.57. The number of β-amino-alcohol motifs (C(OH)–C–C–N with tert-alkyl or cyclic N) is 1. The predicted molar refractivity (Wildman–Crippen MR) is 105 cm³/mol. The van der Waals surface area contributed by atoms with Gasteiger partial charge in [-0.2, -0.15) is 4.31 Å². The zero-order valence-corrected chi connectivity index (χ0v) is 17.1. The number of sulfonamides is 1. The lowest BCUT2D eigenvalue weighted by Crippen LogP contribution is -2.52. The molecule has 1 N–H and O–H groups in total. The van der Waals surface area contributed by atoms with Gasteiger partial charge in [0.25, 0.3) is 0 Å². The first-order valence-corrected chi connectivity index (χ1v) is 11.1. The number of carbonyl (C=O) groups excluding carboxylic acids is 1. The van der Waals surface area contributed by atoms with Gasteiger partial charge in [-0.15, -0.1) is 0 Å². The SMILES string of the molecule is CC(=O)c1ccc(S(=O)(=O)N2CCN(C[C@H](O)CN3CCOCC3)CC2)cc1. The van der Waals surface area contributed by atoms with Crippen LogP contribution in [0, 0.1) is 0 Å². The van der Waals surface area contributed by atoms with Gasteiger partial charge in [0.05, 0.1) is 24.2 Å². The van der Waals surface area contributed by atoms with Crippen LogP contribution in [0.4, 0.5) is 0 Å². The molecule has 0 unspecified atom stereocenters. The Hall–Kier alpha value is -1.36. The van der Waals surface area contributed by atoms with E-state index in [-0.39, 0.29) is 10.7 Å². The van der Waals surface area contributed by atoms with E-state index in [2.05, 4.69) is 9.80 Å². The third-order valence-corrected chi connectivity index (χ3v) is 7.18. The zero-order chi connectivity index (χ0) is 20.1. The Morgan fingerprint density at radius 3 is 2.07 bits per heavy atom. The summed E-state index contributed by atoms with van der Waals surface area (Å²) in [4.78, 5) is 15.9. The molecule has 3 rings (SSSR count). The highest BCUT2D eigenvalue weighted by Crippen LogP contribution is 2.18. The molecule has 8 nitrogen and oxygen atoms in total. The molecular formula is C19H29N3O5S. The number of morpholine rings is 1. The number of hydrogen-bond donors (Lipinski definition) is 1. The zero-order valence-electron chi connectivity index (χ0n) is 16.3. The Balaban J connectivity index is 1.50. The maximum Gasteiger partial charge on any atom is 0.243 e. The summed E-state index contributed by atoms with van der Waals surface area (Å²) in [7, 11) is -3.57. The number of benzene rings is 1. The molecule has 1 atom stereocenters. The normalized spacial score (nSPS) is 21.5. The van der Waals surface area contributed by atoms with E-state index in [1.54, 1.807) is 12.1 Å². The largest absolute Gasteiger partial charge is 0.390 e. The van der Waals surface area contributed by atoms with E-state index in [4.69, 9.17) is 4.74 Å². The summed E-state index contributed by atoms with van der Waals surface area (Å²) in [6, 6.07) is 6.08. The molecule has 1 aromatic rings. The van der Waals surface area contributed by atoms with E-state index in [1.807, 2.05) is 0 Å². The number of aliphatic hydroxyl groups is 1. The van der Waals surface area contributed by atoms with Gasteiger partial charge in [-0.25, -0.2) is 8.42 Å². The first-order chi connectivity index (χ1) is 13.4. The minimum absolute atomic E-state index is 0.0896. The summed E-state index contributed by atoms with van der Waals surface area (Å²) >= 11 is 0. The van der Waals surface area contributed by atoms with Crippen LogP contribution in [0.1, 0.15) is 17.3 Å². The van der Waals surface area contributed by atoms with E-state index < -0.39 is 16.1 Å². The Kier molecular flexibility index (Phi) is 7.19. The molecular weight excluding hydrogens is 382 g/mol. The lowest BCUT2D eigenvalue weighted by atomic mass is 10.2. The number of Topliss-reactive ketones (excluding diaryl/α,β-unsaturated/α-hetero) is 1. The monoisotopic (exact) mass is 411 g/mol. The van der Waals surface area contributed by atoms with E-state index in [9.17, 15) is 18.3 Å². The van der Waals surface area contributed by atoms with Crippen LogP contribution in [-0.4, -0.2) is 105 Å². The van der Waals surface area contributed by atoms with Crippen molar-refractivity contribution in [3.05, 3.63) is 29.8 Å². The maximum absolute atomic E-state index is 12.8. The minimum Gasteiger partial charge on any atom is -0.390 e. The first kappa shape index (κ1) is 21.4. The highest BCUT2D eigenvalue weighted by atomic mass is 32.2. The van der Waals surface area contributed by atoms with Crippen molar-refractivity contribution in [2.45, 2.75) is 17.9 Å². The average molecular weight is 412 g/mol. The molecule has 28 heavy (non-hydrogen) atoms. The van der Waals surface area contributed by atoms with Crippen LogP contribution in [0.15, 0.2) is 29.2 Å². The third kappa shape index (κ3) is 5.37. The molecule has 0 aliphatic carbocycles. The summed E-state index contributed by atoms with van der Waals surface area (Å²) in [5.74, 6) is -0.0896.